The summed E-state index contributed by atoms with van der Waals surface area (Å²) in [4.78, 5) is 37.4. The molecule has 1 amide bonds. The van der Waals surface area contributed by atoms with Crippen LogP contribution in [0.1, 0.15) is 17.3 Å². The Hall–Kier alpha value is -2.96. The maximum Gasteiger partial charge on any atom is 0.344 e. The first kappa shape index (κ1) is 15.4. The Morgan fingerprint density at radius 1 is 1.23 bits per heavy atom. The maximum atomic E-state index is 13.4. The Labute approximate surface area is 124 Å². The van der Waals surface area contributed by atoms with Gasteiger partial charge in [0.05, 0.1) is 5.69 Å². The molecule has 2 aromatic rings. The molecule has 22 heavy (non-hydrogen) atoms. The topological polar surface area (TPSA) is 88.3 Å². The molecule has 0 radical (unpaired) electrons. The molecule has 1 aromatic heterocycles. The number of aromatic amines is 1. The molecule has 0 aliphatic heterocycles. The van der Waals surface area contributed by atoms with Gasteiger partial charge in [-0.3, -0.25) is 9.59 Å². The number of hydrogen-bond acceptors (Lipinski definition) is 4. The second-order valence-electron chi connectivity index (χ2n) is 4.43. The highest BCUT2D eigenvalue weighted by Gasteiger charge is 2.21. The van der Waals surface area contributed by atoms with Gasteiger partial charge >= 0.3 is 5.97 Å². The van der Waals surface area contributed by atoms with Crippen LogP contribution < -0.4 is 10.9 Å². The van der Waals surface area contributed by atoms with Gasteiger partial charge in [0, 0.05) is 6.20 Å². The summed E-state index contributed by atoms with van der Waals surface area (Å²) in [6.45, 7) is 1.32. The van der Waals surface area contributed by atoms with E-state index in [1.54, 1.807) is 6.07 Å². The molecule has 0 aliphatic rings. The summed E-state index contributed by atoms with van der Waals surface area (Å²) in [5, 5.41) is 2.30. The number of H-pyrrole nitrogens is 1. The zero-order valence-corrected chi connectivity index (χ0v) is 11.6. The average Bonchev–Trinajstić information content (AvgIpc) is 2.49. The molecule has 0 saturated carbocycles. The fraction of sp³-hybridized carbons (Fsp3) is 0.133. The highest BCUT2D eigenvalue weighted by Crippen LogP contribution is 2.13. The number of nitrogens with one attached hydrogen (secondary N) is 2. The fourth-order valence-electron chi connectivity index (χ4n) is 1.66. The van der Waals surface area contributed by atoms with E-state index in [1.807, 2.05) is 0 Å². The van der Waals surface area contributed by atoms with Crippen molar-refractivity contribution in [2.24, 2.45) is 0 Å². The van der Waals surface area contributed by atoms with E-state index in [0.29, 0.717) is 0 Å². The van der Waals surface area contributed by atoms with Gasteiger partial charge in [-0.1, -0.05) is 12.1 Å². The van der Waals surface area contributed by atoms with Crippen LogP contribution in [0, 0.1) is 5.82 Å². The van der Waals surface area contributed by atoms with Crippen molar-refractivity contribution in [3.8, 4) is 0 Å². The lowest BCUT2D eigenvalue weighted by Gasteiger charge is -2.13. The zero-order valence-electron chi connectivity index (χ0n) is 11.6. The first-order valence-corrected chi connectivity index (χ1v) is 6.43. The van der Waals surface area contributed by atoms with Crippen LogP contribution in [-0.2, 0) is 9.53 Å². The highest BCUT2D eigenvalue weighted by molar-refractivity contribution is 5.97. The third-order valence-corrected chi connectivity index (χ3v) is 2.82. The van der Waals surface area contributed by atoms with Crippen molar-refractivity contribution >= 4 is 17.6 Å². The average molecular weight is 304 g/mol. The van der Waals surface area contributed by atoms with E-state index in [9.17, 15) is 18.8 Å². The molecular weight excluding hydrogens is 291 g/mol. The van der Waals surface area contributed by atoms with Gasteiger partial charge in [0.15, 0.2) is 6.10 Å². The number of para-hydroxylation sites is 1. The first-order valence-electron chi connectivity index (χ1n) is 6.43. The standard InChI is InChI=1S/C15H13FN2O4/c1-9(13(19)18-12-7-3-2-6-11(12)16)22-15(21)10-5-4-8-17-14(10)20/h2-9H,1H3,(H,17,20)(H,18,19)/t9-/m1/s1. The smallest absolute Gasteiger partial charge is 0.344 e. The fourth-order valence-corrected chi connectivity index (χ4v) is 1.66. The van der Waals surface area contributed by atoms with Crippen molar-refractivity contribution in [2.75, 3.05) is 5.32 Å². The van der Waals surface area contributed by atoms with Gasteiger partial charge in [-0.25, -0.2) is 9.18 Å². The number of benzene rings is 1. The summed E-state index contributed by atoms with van der Waals surface area (Å²) < 4.78 is 18.3. The minimum atomic E-state index is -1.19. The number of rotatable bonds is 4. The van der Waals surface area contributed by atoms with Crippen molar-refractivity contribution in [1.29, 1.82) is 0 Å². The molecule has 1 aromatic carbocycles. The van der Waals surface area contributed by atoms with Crippen molar-refractivity contribution in [1.82, 2.24) is 4.98 Å². The summed E-state index contributed by atoms with van der Waals surface area (Å²) in [5.74, 6) is -2.24. The summed E-state index contributed by atoms with van der Waals surface area (Å²) in [7, 11) is 0. The molecule has 0 saturated heterocycles. The Morgan fingerprint density at radius 3 is 2.64 bits per heavy atom. The molecular formula is C15H13FN2O4. The number of esters is 1. The van der Waals surface area contributed by atoms with E-state index >= 15 is 0 Å². The van der Waals surface area contributed by atoms with Crippen LogP contribution in [0.4, 0.5) is 10.1 Å². The van der Waals surface area contributed by atoms with Crippen LogP contribution >= 0.6 is 0 Å². The predicted molar refractivity (Wildman–Crippen MR) is 77.0 cm³/mol. The van der Waals surface area contributed by atoms with E-state index < -0.39 is 29.4 Å². The van der Waals surface area contributed by atoms with Crippen molar-refractivity contribution < 1.29 is 18.7 Å². The lowest BCUT2D eigenvalue weighted by molar-refractivity contribution is -0.123. The largest absolute Gasteiger partial charge is 0.449 e. The number of hydrogen-bond donors (Lipinski definition) is 2. The van der Waals surface area contributed by atoms with Crippen LogP contribution in [0.2, 0.25) is 0 Å². The molecule has 0 bridgehead atoms. The number of aromatic nitrogens is 1. The molecule has 0 unspecified atom stereocenters. The third-order valence-electron chi connectivity index (χ3n) is 2.82. The maximum absolute atomic E-state index is 13.4. The summed E-state index contributed by atoms with van der Waals surface area (Å²) in [6, 6.07) is 8.35. The van der Waals surface area contributed by atoms with Gasteiger partial charge in [0.1, 0.15) is 11.4 Å². The zero-order chi connectivity index (χ0) is 16.1. The van der Waals surface area contributed by atoms with Crippen LogP contribution in [0.3, 0.4) is 0 Å². The molecule has 1 atom stereocenters. The van der Waals surface area contributed by atoms with Crippen molar-refractivity contribution in [3.63, 3.8) is 0 Å². The molecule has 114 valence electrons. The lowest BCUT2D eigenvalue weighted by Crippen LogP contribution is -2.31. The van der Waals surface area contributed by atoms with Gasteiger partial charge in [0.25, 0.3) is 11.5 Å². The van der Waals surface area contributed by atoms with Gasteiger partial charge in [-0.15, -0.1) is 0 Å². The van der Waals surface area contributed by atoms with E-state index in [-0.39, 0.29) is 11.3 Å². The second-order valence-corrected chi connectivity index (χ2v) is 4.43. The number of pyridine rings is 1. The summed E-state index contributed by atoms with van der Waals surface area (Å²) >= 11 is 0. The second kappa shape index (κ2) is 6.66. The molecule has 1 heterocycles. The lowest BCUT2D eigenvalue weighted by atomic mass is 10.2. The molecule has 0 spiro atoms. The number of amides is 1. The Morgan fingerprint density at radius 2 is 1.95 bits per heavy atom. The number of ether oxygens (including phenoxy) is 1. The van der Waals surface area contributed by atoms with E-state index in [1.165, 1.54) is 43.5 Å². The first-order chi connectivity index (χ1) is 10.5. The van der Waals surface area contributed by atoms with Gasteiger partial charge < -0.3 is 15.0 Å². The highest BCUT2D eigenvalue weighted by atomic mass is 19.1. The number of carbonyl (C=O) groups is 2. The van der Waals surface area contributed by atoms with E-state index in [2.05, 4.69) is 10.3 Å². The molecule has 2 N–H and O–H groups in total. The Kier molecular flexibility index (Phi) is 4.67. The SMILES string of the molecule is C[C@@H](OC(=O)c1ccc[nH]c1=O)C(=O)Nc1ccccc1F. The van der Waals surface area contributed by atoms with Gasteiger partial charge in [-0.2, -0.15) is 0 Å². The third kappa shape index (κ3) is 3.57. The van der Waals surface area contributed by atoms with Crippen molar-refractivity contribution in [3.05, 3.63) is 64.3 Å². The molecule has 7 heteroatoms. The monoisotopic (exact) mass is 304 g/mol. The molecule has 2 rings (SSSR count). The van der Waals surface area contributed by atoms with Crippen LogP contribution in [0.25, 0.3) is 0 Å². The minimum Gasteiger partial charge on any atom is -0.449 e. The molecule has 6 nitrogen and oxygen atoms in total. The molecule has 0 fully saturated rings. The Bertz CT molecular complexity index is 757. The Balaban J connectivity index is 2.03. The van der Waals surface area contributed by atoms with Crippen LogP contribution in [-0.4, -0.2) is 23.0 Å². The van der Waals surface area contributed by atoms with Crippen LogP contribution in [0.5, 0.6) is 0 Å². The van der Waals surface area contributed by atoms with Gasteiger partial charge in [0.2, 0.25) is 0 Å². The normalized spacial score (nSPS) is 11.5. The quantitative estimate of drug-likeness (QED) is 0.841. The van der Waals surface area contributed by atoms with Crippen LogP contribution in [0.15, 0.2) is 47.4 Å². The van der Waals surface area contributed by atoms with E-state index in [0.717, 1.165) is 0 Å². The summed E-state index contributed by atoms with van der Waals surface area (Å²) in [5.41, 5.74) is -0.852. The minimum absolute atomic E-state index is 0.0204. The number of anilines is 1. The molecule has 0 aliphatic carbocycles. The van der Waals surface area contributed by atoms with Gasteiger partial charge in [-0.05, 0) is 31.2 Å². The van der Waals surface area contributed by atoms with Crippen molar-refractivity contribution in [2.45, 2.75) is 13.0 Å². The summed E-state index contributed by atoms with van der Waals surface area (Å²) in [6.07, 6.45) is 0.180. The number of halogens is 1. The van der Waals surface area contributed by atoms with E-state index in [4.69, 9.17) is 4.74 Å². The number of carbonyl (C=O) groups excluding carboxylic acids is 2. The predicted octanol–water partition coefficient (Wildman–Crippen LogP) is 1.70.